The molecule has 148 valence electrons. The van der Waals surface area contributed by atoms with Gasteiger partial charge in [-0.2, -0.15) is 0 Å². The van der Waals surface area contributed by atoms with Gasteiger partial charge in [0.05, 0.1) is 0 Å². The number of para-hydroxylation sites is 1. The molecule has 0 unspecified atom stereocenters. The zero-order valence-corrected chi connectivity index (χ0v) is 17.0. The molecule has 4 nitrogen and oxygen atoms in total. The van der Waals surface area contributed by atoms with Crippen molar-refractivity contribution in [2.75, 3.05) is 12.4 Å². The van der Waals surface area contributed by atoms with Crippen molar-refractivity contribution in [3.8, 4) is 22.5 Å². The lowest BCUT2D eigenvalue weighted by Crippen LogP contribution is -1.95. The van der Waals surface area contributed by atoms with Crippen molar-refractivity contribution in [2.24, 2.45) is 0 Å². The van der Waals surface area contributed by atoms with Gasteiger partial charge in [-0.05, 0) is 47.3 Å². The van der Waals surface area contributed by atoms with Gasteiger partial charge in [-0.1, -0.05) is 42.5 Å². The first-order valence-electron chi connectivity index (χ1n) is 10.3. The summed E-state index contributed by atoms with van der Waals surface area (Å²) in [5.41, 5.74) is 6.04. The number of aromatic nitrogens is 2. The molecule has 0 aliphatic heterocycles. The summed E-state index contributed by atoms with van der Waals surface area (Å²) in [4.78, 5) is 8.88. The minimum atomic E-state index is 0.709. The summed E-state index contributed by atoms with van der Waals surface area (Å²) in [6.07, 6.45) is 3.54. The largest absolute Gasteiger partial charge is 0.455 e. The number of nitrogens with one attached hydrogen (secondary N) is 1. The van der Waals surface area contributed by atoms with Crippen LogP contribution >= 0.6 is 0 Å². The lowest BCUT2D eigenvalue weighted by Gasteiger charge is -2.14. The third-order valence-electron chi connectivity index (χ3n) is 5.77. The first-order chi connectivity index (χ1) is 15.3. The fourth-order valence-corrected chi connectivity index (χ4v) is 4.34. The van der Waals surface area contributed by atoms with Crippen LogP contribution in [0, 0.1) is 0 Å². The molecule has 0 saturated heterocycles. The maximum atomic E-state index is 6.37. The molecule has 0 fully saturated rings. The van der Waals surface area contributed by atoms with Gasteiger partial charge < -0.3 is 9.73 Å². The standard InChI is InChI=1S/C27H19N3O/c1-28-23-12-11-18(27-29-13-6-14-30-27)16-21(23)22-15-17-7-2-3-8-19(17)26-25(22)20-9-4-5-10-24(20)31-26/h2-16,28H,1H3. The smallest absolute Gasteiger partial charge is 0.159 e. The predicted octanol–water partition coefficient (Wildman–Crippen LogP) is 6.90. The Morgan fingerprint density at radius 2 is 1.52 bits per heavy atom. The maximum absolute atomic E-state index is 6.37. The Labute approximate surface area is 179 Å². The number of rotatable bonds is 3. The first-order valence-corrected chi connectivity index (χ1v) is 10.3. The van der Waals surface area contributed by atoms with Crippen molar-refractivity contribution in [1.29, 1.82) is 0 Å². The molecule has 0 atom stereocenters. The van der Waals surface area contributed by atoms with Gasteiger partial charge in [0.1, 0.15) is 11.2 Å². The zero-order valence-electron chi connectivity index (χ0n) is 17.0. The summed E-state index contributed by atoms with van der Waals surface area (Å²) in [6, 6.07) is 27.0. The van der Waals surface area contributed by atoms with Crippen LogP contribution < -0.4 is 5.32 Å². The molecular formula is C27H19N3O. The molecule has 4 aromatic carbocycles. The molecule has 0 saturated carbocycles. The van der Waals surface area contributed by atoms with E-state index < -0.39 is 0 Å². The van der Waals surface area contributed by atoms with E-state index in [9.17, 15) is 0 Å². The fraction of sp³-hybridized carbons (Fsp3) is 0.0370. The summed E-state index contributed by atoms with van der Waals surface area (Å²) < 4.78 is 6.37. The SMILES string of the molecule is CNc1ccc(-c2ncccn2)cc1-c1cc2ccccc2c2oc3ccccc3c12. The van der Waals surface area contributed by atoms with Crippen LogP contribution in [0.5, 0.6) is 0 Å². The second-order valence-corrected chi connectivity index (χ2v) is 7.53. The number of furan rings is 1. The summed E-state index contributed by atoms with van der Waals surface area (Å²) in [5, 5.41) is 7.85. The van der Waals surface area contributed by atoms with E-state index in [0.717, 1.165) is 55.1 Å². The summed E-state index contributed by atoms with van der Waals surface area (Å²) in [5.74, 6) is 0.709. The zero-order chi connectivity index (χ0) is 20.8. The van der Waals surface area contributed by atoms with E-state index in [2.05, 4.69) is 75.9 Å². The highest BCUT2D eigenvalue weighted by Crippen LogP contribution is 2.43. The van der Waals surface area contributed by atoms with Crippen molar-refractivity contribution in [1.82, 2.24) is 9.97 Å². The highest BCUT2D eigenvalue weighted by atomic mass is 16.3. The molecule has 0 amide bonds. The minimum Gasteiger partial charge on any atom is -0.455 e. The molecule has 6 aromatic rings. The number of hydrogen-bond acceptors (Lipinski definition) is 4. The van der Waals surface area contributed by atoms with Gasteiger partial charge in [0, 0.05) is 52.4 Å². The molecule has 0 spiro atoms. The molecule has 0 bridgehead atoms. The normalized spacial score (nSPS) is 11.4. The van der Waals surface area contributed by atoms with Gasteiger partial charge in [-0.25, -0.2) is 9.97 Å². The molecule has 4 heteroatoms. The lowest BCUT2D eigenvalue weighted by atomic mass is 9.93. The number of hydrogen-bond donors (Lipinski definition) is 1. The quantitative estimate of drug-likeness (QED) is 0.350. The number of anilines is 1. The number of nitrogens with zero attached hydrogens (tertiary/aromatic N) is 2. The topological polar surface area (TPSA) is 51.0 Å². The van der Waals surface area contributed by atoms with Gasteiger partial charge in [0.2, 0.25) is 0 Å². The van der Waals surface area contributed by atoms with Crippen molar-refractivity contribution >= 4 is 38.4 Å². The minimum absolute atomic E-state index is 0.709. The van der Waals surface area contributed by atoms with Gasteiger partial charge in [0.25, 0.3) is 0 Å². The number of fused-ring (bicyclic) bond motifs is 5. The third kappa shape index (κ3) is 2.76. The van der Waals surface area contributed by atoms with Gasteiger partial charge in [-0.3, -0.25) is 0 Å². The van der Waals surface area contributed by atoms with Gasteiger partial charge >= 0.3 is 0 Å². The molecule has 1 N–H and O–H groups in total. The summed E-state index contributed by atoms with van der Waals surface area (Å²) in [6.45, 7) is 0. The van der Waals surface area contributed by atoms with Crippen molar-refractivity contribution in [2.45, 2.75) is 0 Å². The van der Waals surface area contributed by atoms with Crippen LogP contribution in [0.15, 0.2) is 95.7 Å². The molecule has 2 aromatic heterocycles. The lowest BCUT2D eigenvalue weighted by molar-refractivity contribution is 0.673. The number of benzene rings is 4. The van der Waals surface area contributed by atoms with Crippen molar-refractivity contribution < 1.29 is 4.42 Å². The highest BCUT2D eigenvalue weighted by Gasteiger charge is 2.18. The fourth-order valence-electron chi connectivity index (χ4n) is 4.34. The van der Waals surface area contributed by atoms with E-state index in [4.69, 9.17) is 4.42 Å². The van der Waals surface area contributed by atoms with Gasteiger partial charge in [0.15, 0.2) is 5.82 Å². The van der Waals surface area contributed by atoms with Crippen LogP contribution in [-0.2, 0) is 0 Å². The van der Waals surface area contributed by atoms with Crippen LogP contribution in [0.3, 0.4) is 0 Å². The molecule has 0 aliphatic carbocycles. The Morgan fingerprint density at radius 1 is 0.742 bits per heavy atom. The summed E-state index contributed by atoms with van der Waals surface area (Å²) >= 11 is 0. The average molecular weight is 401 g/mol. The Hall–Kier alpha value is -4.18. The van der Waals surface area contributed by atoms with Crippen LogP contribution in [0.2, 0.25) is 0 Å². The van der Waals surface area contributed by atoms with E-state index in [1.165, 1.54) is 0 Å². The average Bonchev–Trinajstić information content (AvgIpc) is 3.24. The molecule has 2 heterocycles. The van der Waals surface area contributed by atoms with E-state index in [-0.39, 0.29) is 0 Å². The Kier molecular flexibility index (Phi) is 3.96. The first kappa shape index (κ1) is 17.7. The van der Waals surface area contributed by atoms with Gasteiger partial charge in [-0.15, -0.1) is 0 Å². The predicted molar refractivity (Wildman–Crippen MR) is 127 cm³/mol. The van der Waals surface area contributed by atoms with Crippen LogP contribution in [0.25, 0.3) is 55.2 Å². The second-order valence-electron chi connectivity index (χ2n) is 7.53. The van der Waals surface area contributed by atoms with Crippen LogP contribution in [0.1, 0.15) is 0 Å². The Balaban J connectivity index is 1.75. The van der Waals surface area contributed by atoms with Crippen molar-refractivity contribution in [3.63, 3.8) is 0 Å². The van der Waals surface area contributed by atoms with Crippen LogP contribution in [-0.4, -0.2) is 17.0 Å². The van der Waals surface area contributed by atoms with E-state index in [1.54, 1.807) is 12.4 Å². The van der Waals surface area contributed by atoms with Crippen LogP contribution in [0.4, 0.5) is 5.69 Å². The molecular weight excluding hydrogens is 382 g/mol. The molecule has 31 heavy (non-hydrogen) atoms. The Bertz CT molecular complexity index is 1570. The van der Waals surface area contributed by atoms with E-state index in [1.807, 2.05) is 25.2 Å². The molecule has 0 aliphatic rings. The van der Waals surface area contributed by atoms with E-state index >= 15 is 0 Å². The van der Waals surface area contributed by atoms with E-state index in [0.29, 0.717) is 5.82 Å². The monoisotopic (exact) mass is 401 g/mol. The highest BCUT2D eigenvalue weighted by molar-refractivity contribution is 6.21. The summed E-state index contributed by atoms with van der Waals surface area (Å²) in [7, 11) is 1.95. The van der Waals surface area contributed by atoms with Crippen molar-refractivity contribution in [3.05, 3.63) is 91.3 Å². The molecule has 0 radical (unpaired) electrons. The Morgan fingerprint density at radius 3 is 2.35 bits per heavy atom. The second kappa shape index (κ2) is 6.96. The maximum Gasteiger partial charge on any atom is 0.159 e. The third-order valence-corrected chi connectivity index (χ3v) is 5.77. The molecule has 6 rings (SSSR count).